The van der Waals surface area contributed by atoms with Crippen LogP contribution in [0.3, 0.4) is 0 Å². The SMILES string of the molecule is CC(c1cccc2ccccc12)N(CCC(F)c1cccc(C(F)(F)F)c1)C(=O)OC(C)(C)C. The van der Waals surface area contributed by atoms with Crippen LogP contribution in [0.15, 0.2) is 66.7 Å². The summed E-state index contributed by atoms with van der Waals surface area (Å²) in [5.74, 6) is 0. The normalized spacial score (nSPS) is 14.0. The number of hydrogen-bond donors (Lipinski definition) is 0. The molecule has 3 aromatic carbocycles. The summed E-state index contributed by atoms with van der Waals surface area (Å²) in [5.41, 5.74) is -0.861. The van der Waals surface area contributed by atoms with Crippen molar-refractivity contribution in [3.8, 4) is 0 Å². The van der Waals surface area contributed by atoms with Crippen molar-refractivity contribution in [3.05, 3.63) is 83.4 Å². The molecule has 3 rings (SSSR count). The molecule has 1 amide bonds. The van der Waals surface area contributed by atoms with Gasteiger partial charge < -0.3 is 9.64 Å². The molecule has 0 fully saturated rings. The maximum absolute atomic E-state index is 15.0. The molecule has 0 aromatic heterocycles. The number of benzene rings is 3. The molecule has 0 bridgehead atoms. The summed E-state index contributed by atoms with van der Waals surface area (Å²) < 4.78 is 59.7. The van der Waals surface area contributed by atoms with Crippen LogP contribution in [0.25, 0.3) is 10.8 Å². The monoisotopic (exact) mass is 475 g/mol. The van der Waals surface area contributed by atoms with Crippen LogP contribution >= 0.6 is 0 Å². The third-order valence-electron chi connectivity index (χ3n) is 5.57. The summed E-state index contributed by atoms with van der Waals surface area (Å²) in [7, 11) is 0. The van der Waals surface area contributed by atoms with E-state index < -0.39 is 35.6 Å². The zero-order chi connectivity index (χ0) is 25.1. The van der Waals surface area contributed by atoms with Crippen LogP contribution in [0.4, 0.5) is 22.4 Å². The van der Waals surface area contributed by atoms with Crippen LogP contribution in [-0.4, -0.2) is 23.1 Å². The van der Waals surface area contributed by atoms with E-state index in [0.29, 0.717) is 0 Å². The number of alkyl halides is 4. The van der Waals surface area contributed by atoms with E-state index in [-0.39, 0.29) is 18.5 Å². The highest BCUT2D eigenvalue weighted by molar-refractivity contribution is 5.86. The van der Waals surface area contributed by atoms with E-state index in [1.54, 1.807) is 20.8 Å². The third-order valence-corrected chi connectivity index (χ3v) is 5.57. The smallest absolute Gasteiger partial charge is 0.416 e. The van der Waals surface area contributed by atoms with Crippen molar-refractivity contribution in [2.75, 3.05) is 6.54 Å². The van der Waals surface area contributed by atoms with Crippen molar-refractivity contribution in [1.82, 2.24) is 4.90 Å². The van der Waals surface area contributed by atoms with Gasteiger partial charge in [0, 0.05) is 13.0 Å². The maximum Gasteiger partial charge on any atom is 0.416 e. The summed E-state index contributed by atoms with van der Waals surface area (Å²) in [6.45, 7) is 7.03. The van der Waals surface area contributed by atoms with Crippen LogP contribution in [0.2, 0.25) is 0 Å². The second kappa shape index (κ2) is 10.0. The second-order valence-corrected chi connectivity index (χ2v) is 9.30. The van der Waals surface area contributed by atoms with Crippen LogP contribution in [-0.2, 0) is 10.9 Å². The molecular weight excluding hydrogens is 446 g/mol. The molecule has 3 nitrogen and oxygen atoms in total. The average Bonchev–Trinajstić information content (AvgIpc) is 2.77. The van der Waals surface area contributed by atoms with Gasteiger partial charge >= 0.3 is 12.3 Å². The molecule has 0 aliphatic rings. The first-order valence-electron chi connectivity index (χ1n) is 11.2. The molecule has 0 radical (unpaired) electrons. The van der Waals surface area contributed by atoms with Gasteiger partial charge in [0.25, 0.3) is 0 Å². The van der Waals surface area contributed by atoms with E-state index >= 15 is 4.39 Å². The molecule has 2 atom stereocenters. The Morgan fingerprint density at radius 1 is 0.971 bits per heavy atom. The largest absolute Gasteiger partial charge is 0.444 e. The Bertz CT molecular complexity index is 1130. The van der Waals surface area contributed by atoms with Gasteiger partial charge in [0.1, 0.15) is 11.8 Å². The number of halogens is 4. The third kappa shape index (κ3) is 6.27. The van der Waals surface area contributed by atoms with Gasteiger partial charge in [-0.05, 0) is 61.7 Å². The zero-order valence-corrected chi connectivity index (χ0v) is 19.7. The van der Waals surface area contributed by atoms with E-state index in [1.165, 1.54) is 17.0 Å². The average molecular weight is 476 g/mol. The first-order chi connectivity index (χ1) is 15.9. The van der Waals surface area contributed by atoms with Gasteiger partial charge in [0.2, 0.25) is 0 Å². The molecule has 7 heteroatoms. The van der Waals surface area contributed by atoms with E-state index in [1.807, 2.05) is 49.4 Å². The quantitative estimate of drug-likeness (QED) is 0.336. The minimum absolute atomic E-state index is 0.0310. The lowest BCUT2D eigenvalue weighted by Crippen LogP contribution is -2.39. The minimum atomic E-state index is -4.55. The van der Waals surface area contributed by atoms with Gasteiger partial charge in [-0.3, -0.25) is 0 Å². The number of fused-ring (bicyclic) bond motifs is 1. The molecule has 0 saturated heterocycles. The van der Waals surface area contributed by atoms with Crippen molar-refractivity contribution < 1.29 is 27.1 Å². The maximum atomic E-state index is 15.0. The van der Waals surface area contributed by atoms with Crippen molar-refractivity contribution in [3.63, 3.8) is 0 Å². The van der Waals surface area contributed by atoms with Gasteiger partial charge in [-0.15, -0.1) is 0 Å². The molecule has 0 aliphatic carbocycles. The minimum Gasteiger partial charge on any atom is -0.444 e. The van der Waals surface area contributed by atoms with Gasteiger partial charge in [-0.1, -0.05) is 54.6 Å². The molecule has 182 valence electrons. The van der Waals surface area contributed by atoms with Crippen LogP contribution in [0, 0.1) is 0 Å². The number of carbonyl (C=O) groups excluding carboxylic acids is 1. The van der Waals surface area contributed by atoms with Crippen LogP contribution < -0.4 is 0 Å². The van der Waals surface area contributed by atoms with Gasteiger partial charge in [0.05, 0.1) is 11.6 Å². The van der Waals surface area contributed by atoms with Crippen molar-refractivity contribution >= 4 is 16.9 Å². The number of hydrogen-bond acceptors (Lipinski definition) is 2. The summed E-state index contributed by atoms with van der Waals surface area (Å²) in [6.07, 6.45) is -7.01. The summed E-state index contributed by atoms with van der Waals surface area (Å²) in [6, 6.07) is 17.3. The predicted molar refractivity (Wildman–Crippen MR) is 125 cm³/mol. The molecule has 0 N–H and O–H groups in total. The Hall–Kier alpha value is -3.09. The molecule has 0 aliphatic heterocycles. The van der Waals surface area contributed by atoms with Crippen LogP contribution in [0.1, 0.15) is 63.0 Å². The molecule has 34 heavy (non-hydrogen) atoms. The Labute approximate surface area is 197 Å². The van der Waals surface area contributed by atoms with E-state index in [2.05, 4.69) is 0 Å². The fourth-order valence-electron chi connectivity index (χ4n) is 3.88. The summed E-state index contributed by atoms with van der Waals surface area (Å²) >= 11 is 0. The van der Waals surface area contributed by atoms with Gasteiger partial charge in [-0.25, -0.2) is 9.18 Å². The predicted octanol–water partition coefficient (Wildman–Crippen LogP) is 8.26. The Morgan fingerprint density at radius 2 is 1.62 bits per heavy atom. The van der Waals surface area contributed by atoms with Crippen molar-refractivity contribution in [1.29, 1.82) is 0 Å². The summed E-state index contributed by atoms with van der Waals surface area (Å²) in [5, 5.41) is 1.96. The number of ether oxygens (including phenoxy) is 1. The Morgan fingerprint density at radius 3 is 2.29 bits per heavy atom. The first kappa shape index (κ1) is 25.5. The van der Waals surface area contributed by atoms with Crippen molar-refractivity contribution in [2.45, 2.75) is 58.1 Å². The van der Waals surface area contributed by atoms with Crippen molar-refractivity contribution in [2.24, 2.45) is 0 Å². The molecule has 2 unspecified atom stereocenters. The lowest BCUT2D eigenvalue weighted by atomic mass is 9.98. The fraction of sp³-hybridized carbons (Fsp3) is 0.370. The molecule has 0 spiro atoms. The molecular formula is C27H29F4NO2. The number of carbonyl (C=O) groups is 1. The second-order valence-electron chi connectivity index (χ2n) is 9.30. The molecule has 3 aromatic rings. The van der Waals surface area contributed by atoms with E-state index in [4.69, 9.17) is 4.74 Å². The van der Waals surface area contributed by atoms with Crippen LogP contribution in [0.5, 0.6) is 0 Å². The van der Waals surface area contributed by atoms with Gasteiger partial charge in [-0.2, -0.15) is 13.2 Å². The highest BCUT2D eigenvalue weighted by Gasteiger charge is 2.32. The Balaban J connectivity index is 1.87. The summed E-state index contributed by atoms with van der Waals surface area (Å²) in [4.78, 5) is 14.5. The Kier molecular flexibility index (Phi) is 7.54. The zero-order valence-electron chi connectivity index (χ0n) is 19.7. The topological polar surface area (TPSA) is 29.5 Å². The lowest BCUT2D eigenvalue weighted by molar-refractivity contribution is -0.137. The first-order valence-corrected chi connectivity index (χ1v) is 11.2. The highest BCUT2D eigenvalue weighted by atomic mass is 19.4. The lowest BCUT2D eigenvalue weighted by Gasteiger charge is -2.33. The number of nitrogens with zero attached hydrogens (tertiary/aromatic N) is 1. The highest BCUT2D eigenvalue weighted by Crippen LogP contribution is 2.34. The fourth-order valence-corrected chi connectivity index (χ4v) is 3.88. The number of rotatable bonds is 6. The number of amides is 1. The standard InChI is InChI=1S/C27H29F4NO2/c1-18(22-14-8-10-19-9-5-6-13-23(19)22)32(25(33)34-26(2,3)4)16-15-24(28)20-11-7-12-21(17-20)27(29,30)31/h5-14,17-18,24H,15-16H2,1-4H3. The van der Waals surface area contributed by atoms with E-state index in [9.17, 15) is 18.0 Å². The van der Waals surface area contributed by atoms with Gasteiger partial charge in [0.15, 0.2) is 0 Å². The molecule has 0 heterocycles. The van der Waals surface area contributed by atoms with E-state index in [0.717, 1.165) is 28.5 Å². The molecule has 0 saturated carbocycles.